The number of rotatable bonds is 4. The fraction of sp³-hybridized carbons (Fsp3) is 0.632. The van der Waals surface area contributed by atoms with Crippen molar-refractivity contribution >= 4 is 17.5 Å². The van der Waals surface area contributed by atoms with Gasteiger partial charge in [0, 0.05) is 44.4 Å². The molecule has 1 aromatic rings. The molecule has 5 heteroatoms. The Kier molecular flexibility index (Phi) is 6.14. The number of methoxy groups -OCH3 is 1. The molecular formula is C19H27ClN2O2. The molecule has 0 unspecified atom stereocenters. The second-order valence-electron chi connectivity index (χ2n) is 6.89. The zero-order valence-corrected chi connectivity index (χ0v) is 15.2. The van der Waals surface area contributed by atoms with Crippen molar-refractivity contribution in [2.24, 2.45) is 0 Å². The van der Waals surface area contributed by atoms with E-state index in [2.05, 4.69) is 4.90 Å². The number of halogens is 1. The van der Waals surface area contributed by atoms with Crippen molar-refractivity contribution in [1.29, 1.82) is 0 Å². The van der Waals surface area contributed by atoms with E-state index >= 15 is 0 Å². The van der Waals surface area contributed by atoms with Gasteiger partial charge >= 0.3 is 0 Å². The third kappa shape index (κ3) is 4.50. The van der Waals surface area contributed by atoms with Gasteiger partial charge in [0.25, 0.3) is 0 Å². The largest absolute Gasteiger partial charge is 0.381 e. The normalized spacial score (nSPS) is 21.2. The molecule has 0 N–H and O–H groups in total. The van der Waals surface area contributed by atoms with Crippen molar-refractivity contribution in [3.05, 3.63) is 34.9 Å². The Morgan fingerprint density at radius 3 is 2.29 bits per heavy atom. The van der Waals surface area contributed by atoms with Crippen LogP contribution in [0.25, 0.3) is 0 Å². The van der Waals surface area contributed by atoms with Gasteiger partial charge in [-0.25, -0.2) is 0 Å². The predicted octanol–water partition coefficient (Wildman–Crippen LogP) is 2.98. The molecule has 132 valence electrons. The fourth-order valence-corrected chi connectivity index (χ4v) is 3.97. The molecule has 1 aromatic carbocycles. The maximum Gasteiger partial charge on any atom is 0.226 e. The number of hydrogen-bond acceptors (Lipinski definition) is 3. The monoisotopic (exact) mass is 350 g/mol. The molecule has 0 atom stereocenters. The first-order chi connectivity index (χ1) is 11.7. The van der Waals surface area contributed by atoms with E-state index in [0.29, 0.717) is 23.6 Å². The number of amides is 1. The van der Waals surface area contributed by atoms with Crippen molar-refractivity contribution in [3.8, 4) is 0 Å². The summed E-state index contributed by atoms with van der Waals surface area (Å²) in [6.07, 6.45) is 5.34. The smallest absolute Gasteiger partial charge is 0.226 e. The molecule has 0 radical (unpaired) electrons. The van der Waals surface area contributed by atoms with E-state index in [1.165, 1.54) is 0 Å². The molecule has 24 heavy (non-hydrogen) atoms. The molecule has 0 aromatic heterocycles. The first kappa shape index (κ1) is 17.7. The molecule has 2 aliphatic heterocycles. The van der Waals surface area contributed by atoms with Gasteiger partial charge < -0.3 is 14.5 Å². The number of hydrogen-bond donors (Lipinski definition) is 0. The Bertz CT molecular complexity index is 533. The summed E-state index contributed by atoms with van der Waals surface area (Å²) in [5.41, 5.74) is 1.04. The maximum atomic E-state index is 12.5. The fourth-order valence-electron chi connectivity index (χ4n) is 3.85. The minimum absolute atomic E-state index is 0.230. The molecule has 0 saturated carbocycles. The molecule has 4 nitrogen and oxygen atoms in total. The molecule has 0 bridgehead atoms. The van der Waals surface area contributed by atoms with Crippen molar-refractivity contribution in [2.75, 3.05) is 33.3 Å². The van der Waals surface area contributed by atoms with Crippen LogP contribution in [0.15, 0.2) is 24.3 Å². The average Bonchev–Trinajstić information content (AvgIpc) is 2.64. The highest BCUT2D eigenvalue weighted by Crippen LogP contribution is 2.22. The number of likely N-dealkylation sites (tertiary alicyclic amines) is 2. The Morgan fingerprint density at radius 2 is 1.71 bits per heavy atom. The van der Waals surface area contributed by atoms with Gasteiger partial charge in [-0.3, -0.25) is 4.79 Å². The van der Waals surface area contributed by atoms with E-state index in [0.717, 1.165) is 57.4 Å². The van der Waals surface area contributed by atoms with Gasteiger partial charge in [0.2, 0.25) is 5.91 Å². The Hall–Kier alpha value is -1.10. The molecular weight excluding hydrogens is 324 g/mol. The summed E-state index contributed by atoms with van der Waals surface area (Å²) in [5, 5.41) is 0.712. The summed E-state index contributed by atoms with van der Waals surface area (Å²) in [4.78, 5) is 17.1. The first-order valence-electron chi connectivity index (χ1n) is 8.95. The summed E-state index contributed by atoms with van der Waals surface area (Å²) in [6, 6.07) is 8.20. The molecule has 2 saturated heterocycles. The quantitative estimate of drug-likeness (QED) is 0.837. The zero-order chi connectivity index (χ0) is 16.9. The Morgan fingerprint density at radius 1 is 1.08 bits per heavy atom. The number of ether oxygens (including phenoxy) is 1. The van der Waals surface area contributed by atoms with E-state index in [1.807, 2.05) is 36.3 Å². The van der Waals surface area contributed by atoms with Gasteiger partial charge in [0.05, 0.1) is 12.5 Å². The van der Waals surface area contributed by atoms with Crippen molar-refractivity contribution < 1.29 is 9.53 Å². The van der Waals surface area contributed by atoms with E-state index in [4.69, 9.17) is 16.3 Å². The molecule has 1 amide bonds. The Labute approximate surface area is 149 Å². The predicted molar refractivity (Wildman–Crippen MR) is 96.4 cm³/mol. The summed E-state index contributed by atoms with van der Waals surface area (Å²) >= 11 is 5.90. The van der Waals surface area contributed by atoms with Gasteiger partial charge in [0.15, 0.2) is 0 Å². The van der Waals surface area contributed by atoms with Gasteiger partial charge in [-0.15, -0.1) is 0 Å². The number of carbonyl (C=O) groups excluding carboxylic acids is 1. The third-order valence-corrected chi connectivity index (χ3v) is 5.66. The van der Waals surface area contributed by atoms with Crippen LogP contribution >= 0.6 is 11.6 Å². The minimum atomic E-state index is 0.230. The molecule has 2 aliphatic rings. The van der Waals surface area contributed by atoms with Crippen LogP contribution in [0.4, 0.5) is 0 Å². The molecule has 0 spiro atoms. The lowest BCUT2D eigenvalue weighted by molar-refractivity contribution is -0.132. The highest BCUT2D eigenvalue weighted by molar-refractivity contribution is 6.30. The van der Waals surface area contributed by atoms with Gasteiger partial charge in [-0.1, -0.05) is 23.7 Å². The zero-order valence-electron chi connectivity index (χ0n) is 14.4. The number of carbonyl (C=O) groups is 1. The van der Waals surface area contributed by atoms with Crippen LogP contribution in [0, 0.1) is 0 Å². The second-order valence-corrected chi connectivity index (χ2v) is 7.32. The summed E-state index contributed by atoms with van der Waals surface area (Å²) < 4.78 is 5.45. The topological polar surface area (TPSA) is 32.8 Å². The van der Waals surface area contributed by atoms with Gasteiger partial charge in [-0.2, -0.15) is 0 Å². The SMILES string of the molecule is COC1CCN(C2CCN(C(=O)Cc3ccc(Cl)cc3)CC2)CC1. The number of benzene rings is 1. The van der Waals surface area contributed by atoms with Crippen LogP contribution in [0.1, 0.15) is 31.2 Å². The van der Waals surface area contributed by atoms with Crippen molar-refractivity contribution in [1.82, 2.24) is 9.80 Å². The van der Waals surface area contributed by atoms with Crippen LogP contribution in [-0.4, -0.2) is 61.1 Å². The summed E-state index contributed by atoms with van der Waals surface area (Å²) in [5.74, 6) is 0.230. The second kappa shape index (κ2) is 8.32. The summed E-state index contributed by atoms with van der Waals surface area (Å²) in [6.45, 7) is 4.01. The van der Waals surface area contributed by atoms with E-state index in [-0.39, 0.29) is 5.91 Å². The van der Waals surface area contributed by atoms with E-state index in [9.17, 15) is 4.79 Å². The van der Waals surface area contributed by atoms with Crippen LogP contribution in [-0.2, 0) is 16.0 Å². The molecule has 2 fully saturated rings. The minimum Gasteiger partial charge on any atom is -0.381 e. The Balaban J connectivity index is 1.44. The van der Waals surface area contributed by atoms with Crippen molar-refractivity contribution in [2.45, 2.75) is 44.2 Å². The van der Waals surface area contributed by atoms with Crippen LogP contribution < -0.4 is 0 Å². The van der Waals surface area contributed by atoms with Crippen molar-refractivity contribution in [3.63, 3.8) is 0 Å². The standard InChI is InChI=1S/C19H27ClN2O2/c1-24-18-8-12-21(13-9-18)17-6-10-22(11-7-17)19(23)14-15-2-4-16(20)5-3-15/h2-5,17-18H,6-14H2,1H3. The first-order valence-corrected chi connectivity index (χ1v) is 9.32. The van der Waals surface area contributed by atoms with Crippen LogP contribution in [0.2, 0.25) is 5.02 Å². The average molecular weight is 351 g/mol. The van der Waals surface area contributed by atoms with Crippen LogP contribution in [0.3, 0.4) is 0 Å². The lowest BCUT2D eigenvalue weighted by atomic mass is 9.98. The summed E-state index contributed by atoms with van der Waals surface area (Å²) in [7, 11) is 1.81. The molecule has 3 rings (SSSR count). The van der Waals surface area contributed by atoms with Gasteiger partial charge in [-0.05, 0) is 43.4 Å². The lowest BCUT2D eigenvalue weighted by Gasteiger charge is -2.41. The van der Waals surface area contributed by atoms with E-state index in [1.54, 1.807) is 0 Å². The molecule has 0 aliphatic carbocycles. The van der Waals surface area contributed by atoms with Gasteiger partial charge in [0.1, 0.15) is 0 Å². The maximum absolute atomic E-state index is 12.5. The number of nitrogens with zero attached hydrogens (tertiary/aromatic N) is 2. The molecule has 2 heterocycles. The lowest BCUT2D eigenvalue weighted by Crippen LogP contribution is -2.50. The third-order valence-electron chi connectivity index (χ3n) is 5.41. The highest BCUT2D eigenvalue weighted by Gasteiger charge is 2.29. The van der Waals surface area contributed by atoms with E-state index < -0.39 is 0 Å². The number of piperidine rings is 2. The van der Waals surface area contributed by atoms with Crippen LogP contribution in [0.5, 0.6) is 0 Å². The highest BCUT2D eigenvalue weighted by atomic mass is 35.5.